The van der Waals surface area contributed by atoms with Crippen molar-refractivity contribution in [3.8, 4) is 0 Å². The van der Waals surface area contributed by atoms with Crippen LogP contribution < -0.4 is 0 Å². The molecular formula is C50H96O6. The summed E-state index contributed by atoms with van der Waals surface area (Å²) >= 11 is 0. The maximum atomic E-state index is 12.7. The van der Waals surface area contributed by atoms with Gasteiger partial charge in [0.2, 0.25) is 0 Å². The Bertz CT molecular complexity index is 870. The van der Waals surface area contributed by atoms with Gasteiger partial charge in [-0.3, -0.25) is 14.4 Å². The molecule has 0 radical (unpaired) electrons. The summed E-state index contributed by atoms with van der Waals surface area (Å²) in [6.45, 7) is 13.6. The molecule has 0 aliphatic rings. The molecule has 0 N–H and O–H groups in total. The van der Waals surface area contributed by atoms with Crippen LogP contribution >= 0.6 is 0 Å². The number of carbonyl (C=O) groups excluding carboxylic acids is 3. The Hall–Kier alpha value is -1.59. The summed E-state index contributed by atoms with van der Waals surface area (Å²) < 4.78 is 16.7. The molecule has 6 nitrogen and oxygen atoms in total. The molecule has 0 aromatic rings. The van der Waals surface area contributed by atoms with Crippen molar-refractivity contribution in [2.75, 3.05) is 13.2 Å². The zero-order valence-corrected chi connectivity index (χ0v) is 38.4. The fourth-order valence-corrected chi connectivity index (χ4v) is 7.38. The quantitative estimate of drug-likeness (QED) is 0.0348. The van der Waals surface area contributed by atoms with Crippen molar-refractivity contribution in [1.29, 1.82) is 0 Å². The van der Waals surface area contributed by atoms with Crippen LogP contribution in [0.15, 0.2) is 0 Å². The van der Waals surface area contributed by atoms with Crippen LogP contribution in [-0.4, -0.2) is 37.2 Å². The second kappa shape index (κ2) is 41.6. The molecule has 0 bridgehead atoms. The lowest BCUT2D eigenvalue weighted by Gasteiger charge is -2.18. The average molecular weight is 793 g/mol. The number of unbranched alkanes of at least 4 members (excludes halogenated alkanes) is 25. The third kappa shape index (κ3) is 42.0. The zero-order chi connectivity index (χ0) is 41.3. The van der Waals surface area contributed by atoms with E-state index in [2.05, 4.69) is 41.5 Å². The average Bonchev–Trinajstić information content (AvgIpc) is 3.16. The van der Waals surface area contributed by atoms with E-state index in [-0.39, 0.29) is 31.1 Å². The Balaban J connectivity index is 4.27. The highest BCUT2D eigenvalue weighted by Gasteiger charge is 2.19. The SMILES string of the molecule is CCC(C)CCCCCCCCCCC(=O)O[C@@H](COC(=O)CCCCCCCCCCCCCCCCC(C)C)COC(=O)CCCCCCCCC(C)C. The molecule has 0 saturated carbocycles. The van der Waals surface area contributed by atoms with E-state index in [9.17, 15) is 14.4 Å². The Kier molecular flexibility index (Phi) is 40.4. The highest BCUT2D eigenvalue weighted by Crippen LogP contribution is 2.18. The van der Waals surface area contributed by atoms with Crippen LogP contribution in [0, 0.1) is 17.8 Å². The van der Waals surface area contributed by atoms with Crippen molar-refractivity contribution in [3.63, 3.8) is 0 Å². The minimum atomic E-state index is -0.763. The van der Waals surface area contributed by atoms with Gasteiger partial charge in [-0.2, -0.15) is 0 Å². The second-order valence-corrected chi connectivity index (χ2v) is 18.3. The third-order valence-electron chi connectivity index (χ3n) is 11.5. The molecule has 332 valence electrons. The van der Waals surface area contributed by atoms with Crippen LogP contribution in [0.1, 0.15) is 266 Å². The summed E-state index contributed by atoms with van der Waals surface area (Å²) in [6.07, 6.45) is 39.6. The number of ether oxygens (including phenoxy) is 3. The molecule has 0 heterocycles. The van der Waals surface area contributed by atoms with E-state index in [1.807, 2.05) is 0 Å². The van der Waals surface area contributed by atoms with Crippen molar-refractivity contribution in [3.05, 3.63) is 0 Å². The Morgan fingerprint density at radius 1 is 0.357 bits per heavy atom. The van der Waals surface area contributed by atoms with Gasteiger partial charge in [-0.05, 0) is 37.0 Å². The van der Waals surface area contributed by atoms with Crippen LogP contribution in [0.4, 0.5) is 0 Å². The van der Waals surface area contributed by atoms with E-state index in [1.54, 1.807) is 0 Å². The first-order valence-corrected chi connectivity index (χ1v) is 24.6. The Labute approximate surface area is 348 Å². The molecule has 0 fully saturated rings. The molecule has 0 rings (SSSR count). The maximum absolute atomic E-state index is 12.7. The summed E-state index contributed by atoms with van der Waals surface area (Å²) in [5, 5.41) is 0. The molecule has 0 aliphatic carbocycles. The van der Waals surface area contributed by atoms with Gasteiger partial charge in [-0.25, -0.2) is 0 Å². The van der Waals surface area contributed by atoms with Crippen LogP contribution in [0.2, 0.25) is 0 Å². The van der Waals surface area contributed by atoms with E-state index in [0.717, 1.165) is 75.5 Å². The van der Waals surface area contributed by atoms with E-state index in [1.165, 1.54) is 148 Å². The standard InChI is InChI=1S/C50H96O6/c1-7-46(6)38-32-26-19-16-17-21-29-35-41-50(53)56-47(43-55-49(52)40-34-28-23-22-25-31-37-45(4)5)42-54-48(51)39-33-27-20-15-13-11-9-8-10-12-14-18-24-30-36-44(2)3/h44-47H,7-43H2,1-6H3/t46?,47-/m0/s1. The number of rotatable bonds is 43. The molecule has 56 heavy (non-hydrogen) atoms. The molecule has 1 unspecified atom stereocenters. The molecule has 0 aromatic heterocycles. The normalized spacial score (nSPS) is 12.6. The molecule has 6 heteroatoms. The second-order valence-electron chi connectivity index (χ2n) is 18.3. The summed E-state index contributed by atoms with van der Waals surface area (Å²) in [4.78, 5) is 37.8. The van der Waals surface area contributed by atoms with E-state index in [0.29, 0.717) is 19.3 Å². The molecule has 2 atom stereocenters. The smallest absolute Gasteiger partial charge is 0.306 e. The zero-order valence-electron chi connectivity index (χ0n) is 38.4. The van der Waals surface area contributed by atoms with Gasteiger partial charge < -0.3 is 14.2 Å². The van der Waals surface area contributed by atoms with Gasteiger partial charge in [-0.1, -0.05) is 228 Å². The van der Waals surface area contributed by atoms with Crippen LogP contribution in [0.3, 0.4) is 0 Å². The van der Waals surface area contributed by atoms with E-state index in [4.69, 9.17) is 14.2 Å². The minimum absolute atomic E-state index is 0.0661. The fraction of sp³-hybridized carbons (Fsp3) is 0.940. The summed E-state index contributed by atoms with van der Waals surface area (Å²) in [5.74, 6) is 1.59. The molecule has 0 spiro atoms. The summed E-state index contributed by atoms with van der Waals surface area (Å²) in [5.41, 5.74) is 0. The third-order valence-corrected chi connectivity index (χ3v) is 11.5. The Morgan fingerprint density at radius 2 is 0.625 bits per heavy atom. The van der Waals surface area contributed by atoms with Gasteiger partial charge in [0, 0.05) is 19.3 Å². The summed E-state index contributed by atoms with van der Waals surface area (Å²) in [7, 11) is 0. The molecule has 0 amide bonds. The van der Waals surface area contributed by atoms with Crippen molar-refractivity contribution >= 4 is 17.9 Å². The first kappa shape index (κ1) is 54.4. The number of esters is 3. The van der Waals surface area contributed by atoms with Crippen molar-refractivity contribution in [2.24, 2.45) is 17.8 Å². The van der Waals surface area contributed by atoms with Gasteiger partial charge in [0.25, 0.3) is 0 Å². The van der Waals surface area contributed by atoms with Gasteiger partial charge in [0.05, 0.1) is 0 Å². The van der Waals surface area contributed by atoms with E-state index < -0.39 is 6.10 Å². The van der Waals surface area contributed by atoms with Gasteiger partial charge in [0.15, 0.2) is 6.10 Å². The number of hydrogen-bond acceptors (Lipinski definition) is 6. The fourth-order valence-electron chi connectivity index (χ4n) is 7.38. The first-order chi connectivity index (χ1) is 27.1. The number of carbonyl (C=O) groups is 3. The highest BCUT2D eigenvalue weighted by molar-refractivity contribution is 5.71. The van der Waals surface area contributed by atoms with Crippen molar-refractivity contribution < 1.29 is 28.6 Å². The van der Waals surface area contributed by atoms with Crippen LogP contribution in [0.5, 0.6) is 0 Å². The predicted octanol–water partition coefficient (Wildman–Crippen LogP) is 15.6. The van der Waals surface area contributed by atoms with Crippen LogP contribution in [-0.2, 0) is 28.6 Å². The van der Waals surface area contributed by atoms with Gasteiger partial charge >= 0.3 is 17.9 Å². The summed E-state index contributed by atoms with van der Waals surface area (Å²) in [6, 6.07) is 0. The topological polar surface area (TPSA) is 78.9 Å². The molecule has 0 aromatic carbocycles. The van der Waals surface area contributed by atoms with Crippen LogP contribution in [0.25, 0.3) is 0 Å². The highest BCUT2D eigenvalue weighted by atomic mass is 16.6. The molecule has 0 saturated heterocycles. The first-order valence-electron chi connectivity index (χ1n) is 24.6. The number of hydrogen-bond donors (Lipinski definition) is 0. The lowest BCUT2D eigenvalue weighted by atomic mass is 9.99. The minimum Gasteiger partial charge on any atom is -0.462 e. The molecular weight excluding hydrogens is 697 g/mol. The van der Waals surface area contributed by atoms with E-state index >= 15 is 0 Å². The Morgan fingerprint density at radius 3 is 0.929 bits per heavy atom. The molecule has 0 aliphatic heterocycles. The lowest BCUT2D eigenvalue weighted by molar-refractivity contribution is -0.167. The predicted molar refractivity (Wildman–Crippen MR) is 238 cm³/mol. The maximum Gasteiger partial charge on any atom is 0.306 e. The largest absolute Gasteiger partial charge is 0.462 e. The monoisotopic (exact) mass is 793 g/mol. The van der Waals surface area contributed by atoms with Gasteiger partial charge in [0.1, 0.15) is 13.2 Å². The van der Waals surface area contributed by atoms with Crippen molar-refractivity contribution in [1.82, 2.24) is 0 Å². The van der Waals surface area contributed by atoms with Gasteiger partial charge in [-0.15, -0.1) is 0 Å². The van der Waals surface area contributed by atoms with Crippen molar-refractivity contribution in [2.45, 2.75) is 272 Å². The lowest BCUT2D eigenvalue weighted by Crippen LogP contribution is -2.30.